The molecule has 4 rings (SSSR count). The SMILES string of the molecule is CC(C)C(=O)CN1CC(CO)OC1=O.CC(CC(=O)CN1CC(CO)OC1=O)CC(C)(C)C.CCC(C)C(=O)CN1CC(CO)OC1=O.CCC(CC)C(=O)CN1CC(CO)OC1=O. The van der Waals surface area contributed by atoms with Gasteiger partial charge in [0.1, 0.15) is 24.4 Å². The van der Waals surface area contributed by atoms with Crippen molar-refractivity contribution in [2.75, 3.05) is 78.8 Å². The Balaban J connectivity index is 0.000000429. The molecule has 20 nitrogen and oxygen atoms in total. The zero-order valence-electron chi connectivity index (χ0n) is 39.6. The highest BCUT2D eigenvalue weighted by atomic mass is 16.6. The largest absolute Gasteiger partial charge is 0.442 e. The van der Waals surface area contributed by atoms with Gasteiger partial charge in [0, 0.05) is 24.2 Å². The van der Waals surface area contributed by atoms with Gasteiger partial charge in [-0.15, -0.1) is 0 Å². The third-order valence-electron chi connectivity index (χ3n) is 10.8. The van der Waals surface area contributed by atoms with Crippen molar-refractivity contribution >= 4 is 47.5 Å². The van der Waals surface area contributed by atoms with E-state index in [1.54, 1.807) is 13.8 Å². The lowest BCUT2D eigenvalue weighted by Gasteiger charge is -2.23. The third kappa shape index (κ3) is 20.6. The standard InChI is InChI=1S/C14H25NO4.C11H19NO4.C10H17NO4.C9H15NO4/c1-10(6-14(2,3)4)5-11(17)7-15-8-12(9-16)19-13(15)18;1-3-8(4-2)10(14)6-12-5-9(7-13)16-11(12)15;1-3-7(2)9(13)5-11-4-8(6-12)15-10(11)14;1-6(2)8(12)4-10-3-7(5-11)14-9(10)13/h10,12,16H,5-9H2,1-4H3;8-9,13H,3-7H2,1-2H3;7-8,12H,3-6H2,1-2H3;6-7,11H,3-5H2,1-2H3. The predicted octanol–water partition coefficient (Wildman–Crippen LogP) is 3.08. The molecule has 0 radical (unpaired) electrons. The maximum atomic E-state index is 11.9. The van der Waals surface area contributed by atoms with Gasteiger partial charge in [-0.1, -0.05) is 69.2 Å². The third-order valence-corrected chi connectivity index (χ3v) is 10.8. The molecular formula is C44H76N4O16. The minimum absolute atomic E-state index is 0.000500. The van der Waals surface area contributed by atoms with Gasteiger partial charge < -0.3 is 39.4 Å². The summed E-state index contributed by atoms with van der Waals surface area (Å²) in [6, 6.07) is 0. The van der Waals surface area contributed by atoms with Gasteiger partial charge in [0.25, 0.3) is 0 Å². The number of hydrogen-bond acceptors (Lipinski definition) is 16. The predicted molar refractivity (Wildman–Crippen MR) is 232 cm³/mol. The van der Waals surface area contributed by atoms with Crippen LogP contribution in [0.3, 0.4) is 0 Å². The fraction of sp³-hybridized carbons (Fsp3) is 0.818. The molecule has 4 amide bonds. The molecule has 368 valence electrons. The van der Waals surface area contributed by atoms with Crippen molar-refractivity contribution in [2.24, 2.45) is 29.1 Å². The second-order valence-corrected chi connectivity index (χ2v) is 18.3. The summed E-state index contributed by atoms with van der Waals surface area (Å²) < 4.78 is 19.4. The number of hydrogen-bond donors (Lipinski definition) is 4. The van der Waals surface area contributed by atoms with E-state index < -0.39 is 48.8 Å². The molecule has 0 aliphatic carbocycles. The summed E-state index contributed by atoms with van der Waals surface area (Å²) >= 11 is 0. The van der Waals surface area contributed by atoms with E-state index in [1.165, 1.54) is 19.6 Å². The lowest BCUT2D eigenvalue weighted by atomic mass is 9.83. The molecule has 0 saturated carbocycles. The van der Waals surface area contributed by atoms with Crippen molar-refractivity contribution in [1.82, 2.24) is 19.6 Å². The van der Waals surface area contributed by atoms with E-state index in [0.29, 0.717) is 38.5 Å². The number of carbonyl (C=O) groups is 8. The second-order valence-electron chi connectivity index (χ2n) is 18.3. The normalized spacial score (nSPS) is 21.5. The Hall–Kier alpha value is -4.40. The molecule has 4 heterocycles. The van der Waals surface area contributed by atoms with Crippen LogP contribution in [0.1, 0.15) is 101 Å². The number of rotatable bonds is 21. The molecule has 4 fully saturated rings. The molecular weight excluding hydrogens is 840 g/mol. The fourth-order valence-corrected chi connectivity index (χ4v) is 6.98. The maximum absolute atomic E-state index is 11.9. The van der Waals surface area contributed by atoms with E-state index in [4.69, 9.17) is 39.4 Å². The average molecular weight is 917 g/mol. The summed E-state index contributed by atoms with van der Waals surface area (Å²) in [4.78, 5) is 97.1. The van der Waals surface area contributed by atoms with Crippen LogP contribution in [0.2, 0.25) is 0 Å². The van der Waals surface area contributed by atoms with Crippen LogP contribution < -0.4 is 0 Å². The monoisotopic (exact) mass is 917 g/mol. The number of amides is 4. The minimum Gasteiger partial charge on any atom is -0.442 e. The Morgan fingerprint density at radius 1 is 0.547 bits per heavy atom. The lowest BCUT2D eigenvalue weighted by molar-refractivity contribution is -0.124. The van der Waals surface area contributed by atoms with Crippen molar-refractivity contribution in [2.45, 2.75) is 126 Å². The zero-order chi connectivity index (χ0) is 48.9. The maximum Gasteiger partial charge on any atom is 0.410 e. The van der Waals surface area contributed by atoms with Crippen LogP contribution in [-0.2, 0) is 38.1 Å². The van der Waals surface area contributed by atoms with Crippen LogP contribution in [0.5, 0.6) is 0 Å². The number of ether oxygens (including phenoxy) is 4. The van der Waals surface area contributed by atoms with E-state index in [9.17, 15) is 38.4 Å². The quantitative estimate of drug-likeness (QED) is 0.121. The van der Waals surface area contributed by atoms with E-state index >= 15 is 0 Å². The van der Waals surface area contributed by atoms with Gasteiger partial charge in [-0.25, -0.2) is 19.2 Å². The van der Waals surface area contributed by atoms with Gasteiger partial charge in [-0.05, 0) is 37.0 Å². The molecule has 0 aromatic rings. The van der Waals surface area contributed by atoms with Gasteiger partial charge >= 0.3 is 24.4 Å². The summed E-state index contributed by atoms with van der Waals surface area (Å²) in [5, 5.41) is 35.3. The molecule has 0 aromatic carbocycles. The Morgan fingerprint density at radius 2 is 0.875 bits per heavy atom. The van der Waals surface area contributed by atoms with Gasteiger partial charge in [0.15, 0.2) is 23.1 Å². The number of cyclic esters (lactones) is 4. The zero-order valence-corrected chi connectivity index (χ0v) is 39.6. The number of aliphatic hydroxyl groups excluding tert-OH is 4. The molecule has 20 heteroatoms. The Kier molecular flexibility index (Phi) is 25.7. The Bertz CT molecular complexity index is 1530. The van der Waals surface area contributed by atoms with Crippen LogP contribution in [0, 0.1) is 29.1 Å². The molecule has 0 spiro atoms. The molecule has 4 N–H and O–H groups in total. The van der Waals surface area contributed by atoms with Crippen LogP contribution in [0.4, 0.5) is 19.2 Å². The highest BCUT2D eigenvalue weighted by Gasteiger charge is 2.35. The number of aliphatic hydroxyl groups is 4. The first-order valence-corrected chi connectivity index (χ1v) is 22.3. The summed E-state index contributed by atoms with van der Waals surface area (Å²) in [5.74, 6) is 0.351. The molecule has 4 saturated heterocycles. The van der Waals surface area contributed by atoms with E-state index in [-0.39, 0.29) is 98.9 Å². The van der Waals surface area contributed by atoms with Crippen molar-refractivity contribution in [3.63, 3.8) is 0 Å². The minimum atomic E-state index is -0.516. The van der Waals surface area contributed by atoms with Crippen molar-refractivity contribution < 1.29 is 77.7 Å². The fourth-order valence-electron chi connectivity index (χ4n) is 6.98. The molecule has 4 aliphatic heterocycles. The number of carbonyl (C=O) groups excluding carboxylic acids is 8. The highest BCUT2D eigenvalue weighted by molar-refractivity contribution is 5.87. The van der Waals surface area contributed by atoms with E-state index in [1.807, 2.05) is 27.7 Å². The highest BCUT2D eigenvalue weighted by Crippen LogP contribution is 2.26. The van der Waals surface area contributed by atoms with E-state index in [0.717, 1.165) is 25.7 Å². The van der Waals surface area contributed by atoms with Crippen molar-refractivity contribution in [1.29, 1.82) is 0 Å². The molecule has 0 aromatic heterocycles. The second kappa shape index (κ2) is 28.5. The van der Waals surface area contributed by atoms with Crippen LogP contribution in [0.15, 0.2) is 0 Å². The molecule has 0 bridgehead atoms. The first kappa shape index (κ1) is 57.6. The van der Waals surface area contributed by atoms with Gasteiger partial charge in [0.05, 0.1) is 78.8 Å². The first-order valence-electron chi connectivity index (χ1n) is 22.3. The Morgan fingerprint density at radius 3 is 1.16 bits per heavy atom. The van der Waals surface area contributed by atoms with Gasteiger partial charge in [0.2, 0.25) is 0 Å². The van der Waals surface area contributed by atoms with Crippen molar-refractivity contribution in [3.05, 3.63) is 0 Å². The van der Waals surface area contributed by atoms with E-state index in [2.05, 4.69) is 27.7 Å². The molecule has 4 aliphatic rings. The molecule has 6 unspecified atom stereocenters. The molecule has 64 heavy (non-hydrogen) atoms. The van der Waals surface area contributed by atoms with Crippen LogP contribution >= 0.6 is 0 Å². The summed E-state index contributed by atoms with van der Waals surface area (Å²) in [7, 11) is 0. The number of nitrogens with zero attached hydrogens (tertiary/aromatic N) is 4. The smallest absolute Gasteiger partial charge is 0.410 e. The van der Waals surface area contributed by atoms with Crippen LogP contribution in [-0.4, -0.2) is 191 Å². The summed E-state index contributed by atoms with van der Waals surface area (Å²) in [6.45, 7) is 20.6. The van der Waals surface area contributed by atoms with Crippen molar-refractivity contribution in [3.8, 4) is 0 Å². The lowest BCUT2D eigenvalue weighted by Crippen LogP contribution is -2.34. The summed E-state index contributed by atoms with van der Waals surface area (Å²) in [5.41, 5.74) is 0.203. The first-order chi connectivity index (χ1) is 29.9. The van der Waals surface area contributed by atoms with Gasteiger partial charge in [-0.2, -0.15) is 0 Å². The summed E-state index contributed by atoms with van der Waals surface area (Å²) in [6.07, 6.45) is -0.168. The van der Waals surface area contributed by atoms with Gasteiger partial charge in [-0.3, -0.25) is 38.8 Å². The number of Topliss-reactive ketones (excluding diaryl/α,β-unsaturated/α-hetero) is 4. The molecule has 6 atom stereocenters. The average Bonchev–Trinajstić information content (AvgIpc) is 3.99. The topological polar surface area (TPSA) is 267 Å². The van der Waals surface area contributed by atoms with Crippen LogP contribution in [0.25, 0.3) is 0 Å². The Labute approximate surface area is 377 Å². The number of ketones is 4.